The molecule has 0 atom stereocenters. The van der Waals surface area contributed by atoms with Gasteiger partial charge in [0.2, 0.25) is 5.91 Å². The number of anilines is 2. The van der Waals surface area contributed by atoms with Gasteiger partial charge >= 0.3 is 0 Å². The SMILES string of the molecule is NC(=O)c1ccc(N2CCc3c(N)cccc3C2)cc1Br. The van der Waals surface area contributed by atoms with Gasteiger partial charge in [-0.1, -0.05) is 12.1 Å². The van der Waals surface area contributed by atoms with Crippen LogP contribution in [-0.4, -0.2) is 12.5 Å². The molecule has 0 spiro atoms. The third-order valence-corrected chi connectivity index (χ3v) is 4.54. The Morgan fingerprint density at radius 2 is 2.05 bits per heavy atom. The van der Waals surface area contributed by atoms with Crippen molar-refractivity contribution in [2.24, 2.45) is 5.73 Å². The molecule has 1 heterocycles. The molecule has 0 aromatic heterocycles. The highest BCUT2D eigenvalue weighted by Crippen LogP contribution is 2.30. The summed E-state index contributed by atoms with van der Waals surface area (Å²) in [5, 5.41) is 0. The van der Waals surface area contributed by atoms with Gasteiger partial charge in [0.25, 0.3) is 0 Å². The van der Waals surface area contributed by atoms with E-state index in [1.165, 1.54) is 11.1 Å². The first-order valence-electron chi connectivity index (χ1n) is 6.77. The minimum Gasteiger partial charge on any atom is -0.398 e. The van der Waals surface area contributed by atoms with Crippen molar-refractivity contribution in [3.05, 3.63) is 57.6 Å². The molecule has 0 fully saturated rings. The van der Waals surface area contributed by atoms with Crippen molar-refractivity contribution >= 4 is 33.2 Å². The molecule has 0 aliphatic carbocycles. The van der Waals surface area contributed by atoms with Gasteiger partial charge in [0.1, 0.15) is 0 Å². The van der Waals surface area contributed by atoms with E-state index >= 15 is 0 Å². The van der Waals surface area contributed by atoms with Crippen LogP contribution < -0.4 is 16.4 Å². The molecule has 1 amide bonds. The van der Waals surface area contributed by atoms with E-state index in [0.717, 1.165) is 35.4 Å². The average Bonchev–Trinajstić information content (AvgIpc) is 2.46. The summed E-state index contributed by atoms with van der Waals surface area (Å²) in [6, 6.07) is 11.7. The predicted molar refractivity (Wildman–Crippen MR) is 88.3 cm³/mol. The molecule has 4 nitrogen and oxygen atoms in total. The maximum absolute atomic E-state index is 11.3. The van der Waals surface area contributed by atoms with E-state index in [1.807, 2.05) is 24.3 Å². The van der Waals surface area contributed by atoms with Crippen LogP contribution in [0.15, 0.2) is 40.9 Å². The lowest BCUT2D eigenvalue weighted by Gasteiger charge is -2.31. The summed E-state index contributed by atoms with van der Waals surface area (Å²) in [5.41, 5.74) is 16.3. The van der Waals surface area contributed by atoms with Gasteiger partial charge in [0.15, 0.2) is 0 Å². The first-order valence-corrected chi connectivity index (χ1v) is 7.56. The van der Waals surface area contributed by atoms with Crippen molar-refractivity contribution in [3.63, 3.8) is 0 Å². The number of hydrogen-bond acceptors (Lipinski definition) is 3. The summed E-state index contributed by atoms with van der Waals surface area (Å²) in [6.07, 6.45) is 0.928. The predicted octanol–water partition coefficient (Wildman–Crippen LogP) is 2.69. The average molecular weight is 346 g/mol. The van der Waals surface area contributed by atoms with E-state index < -0.39 is 5.91 Å². The minimum absolute atomic E-state index is 0.426. The maximum atomic E-state index is 11.3. The molecule has 0 saturated heterocycles. The Morgan fingerprint density at radius 1 is 1.24 bits per heavy atom. The van der Waals surface area contributed by atoms with Gasteiger partial charge in [0.05, 0.1) is 5.56 Å². The maximum Gasteiger partial charge on any atom is 0.249 e. The third-order valence-electron chi connectivity index (χ3n) is 3.89. The lowest BCUT2D eigenvalue weighted by molar-refractivity contribution is 0.0999. The third kappa shape index (κ3) is 2.61. The Balaban J connectivity index is 1.90. The lowest BCUT2D eigenvalue weighted by Crippen LogP contribution is -2.30. The Hall–Kier alpha value is -2.01. The molecule has 2 aromatic carbocycles. The number of hydrogen-bond donors (Lipinski definition) is 2. The molecule has 0 saturated carbocycles. The van der Waals surface area contributed by atoms with Gasteiger partial charge in [-0.25, -0.2) is 0 Å². The number of fused-ring (bicyclic) bond motifs is 1. The molecule has 1 aliphatic heterocycles. The number of carbonyl (C=O) groups is 1. The Labute approximate surface area is 131 Å². The highest BCUT2D eigenvalue weighted by atomic mass is 79.9. The fourth-order valence-corrected chi connectivity index (χ4v) is 3.32. The van der Waals surface area contributed by atoms with Crippen LogP contribution in [-0.2, 0) is 13.0 Å². The fraction of sp³-hybridized carbons (Fsp3) is 0.188. The highest BCUT2D eigenvalue weighted by molar-refractivity contribution is 9.10. The zero-order chi connectivity index (χ0) is 15.0. The van der Waals surface area contributed by atoms with E-state index in [-0.39, 0.29) is 0 Å². The quantitative estimate of drug-likeness (QED) is 0.822. The number of rotatable bonds is 2. The Kier molecular flexibility index (Phi) is 3.59. The van der Waals surface area contributed by atoms with Crippen LogP contribution >= 0.6 is 15.9 Å². The molecule has 0 bridgehead atoms. The number of carbonyl (C=O) groups excluding carboxylic acids is 1. The smallest absolute Gasteiger partial charge is 0.249 e. The summed E-state index contributed by atoms with van der Waals surface area (Å²) in [5.74, 6) is -0.426. The van der Waals surface area contributed by atoms with Crippen LogP contribution in [0.1, 0.15) is 21.5 Å². The second-order valence-corrected chi connectivity index (χ2v) is 6.04. The van der Waals surface area contributed by atoms with Gasteiger partial charge in [-0.15, -0.1) is 0 Å². The second kappa shape index (κ2) is 5.41. The van der Waals surface area contributed by atoms with Gasteiger partial charge < -0.3 is 16.4 Å². The fourth-order valence-electron chi connectivity index (χ4n) is 2.76. The number of nitrogens with two attached hydrogens (primary N) is 2. The van der Waals surface area contributed by atoms with Crippen LogP contribution in [0.4, 0.5) is 11.4 Å². The molecule has 108 valence electrons. The standard InChI is InChI=1S/C16H16BrN3O/c17-14-8-11(4-5-13(14)16(19)21)20-7-6-12-10(9-20)2-1-3-15(12)18/h1-5,8H,6-7,9,18H2,(H2,19,21). The van der Waals surface area contributed by atoms with Crippen LogP contribution in [0.3, 0.4) is 0 Å². The highest BCUT2D eigenvalue weighted by Gasteiger charge is 2.19. The number of amides is 1. The summed E-state index contributed by atoms with van der Waals surface area (Å²) < 4.78 is 0.728. The number of benzene rings is 2. The minimum atomic E-state index is -0.426. The van der Waals surface area contributed by atoms with Gasteiger partial charge in [-0.05, 0) is 57.7 Å². The first-order chi connectivity index (χ1) is 10.1. The van der Waals surface area contributed by atoms with E-state index in [9.17, 15) is 4.79 Å². The topological polar surface area (TPSA) is 72.4 Å². The number of nitrogens with zero attached hydrogens (tertiary/aromatic N) is 1. The summed E-state index contributed by atoms with van der Waals surface area (Å²) in [6.45, 7) is 1.73. The largest absolute Gasteiger partial charge is 0.398 e. The van der Waals surface area contributed by atoms with Crippen molar-refractivity contribution < 1.29 is 4.79 Å². The lowest BCUT2D eigenvalue weighted by atomic mass is 9.97. The molecule has 1 aliphatic rings. The van der Waals surface area contributed by atoms with Crippen LogP contribution in [0.5, 0.6) is 0 Å². The van der Waals surface area contributed by atoms with E-state index in [0.29, 0.717) is 5.56 Å². The van der Waals surface area contributed by atoms with Crippen LogP contribution in [0.2, 0.25) is 0 Å². The van der Waals surface area contributed by atoms with Crippen molar-refractivity contribution in [3.8, 4) is 0 Å². The van der Waals surface area contributed by atoms with Crippen molar-refractivity contribution in [2.75, 3.05) is 17.2 Å². The monoisotopic (exact) mass is 345 g/mol. The molecular weight excluding hydrogens is 330 g/mol. The molecule has 3 rings (SSSR count). The summed E-state index contributed by atoms with van der Waals surface area (Å²) in [7, 11) is 0. The van der Waals surface area contributed by atoms with Crippen LogP contribution in [0, 0.1) is 0 Å². The first kappa shape index (κ1) is 13.9. The Bertz CT molecular complexity index is 715. The molecule has 21 heavy (non-hydrogen) atoms. The van der Waals surface area contributed by atoms with Gasteiger partial charge in [-0.3, -0.25) is 4.79 Å². The summed E-state index contributed by atoms with van der Waals surface area (Å²) in [4.78, 5) is 13.6. The van der Waals surface area contributed by atoms with E-state index in [1.54, 1.807) is 6.07 Å². The number of halogens is 1. The van der Waals surface area contributed by atoms with Gasteiger partial charge in [-0.2, -0.15) is 0 Å². The zero-order valence-corrected chi connectivity index (χ0v) is 13.1. The Morgan fingerprint density at radius 3 is 2.76 bits per heavy atom. The molecule has 4 N–H and O–H groups in total. The molecule has 2 aromatic rings. The number of nitrogen functional groups attached to an aromatic ring is 1. The molecule has 0 unspecified atom stereocenters. The van der Waals surface area contributed by atoms with Crippen molar-refractivity contribution in [2.45, 2.75) is 13.0 Å². The number of primary amides is 1. The summed E-state index contributed by atoms with van der Waals surface area (Å²) >= 11 is 3.41. The van der Waals surface area contributed by atoms with Crippen molar-refractivity contribution in [1.29, 1.82) is 0 Å². The normalized spacial score (nSPS) is 13.9. The van der Waals surface area contributed by atoms with Gasteiger partial charge in [0, 0.05) is 28.9 Å². The second-order valence-electron chi connectivity index (χ2n) is 5.18. The molecule has 5 heteroatoms. The molecular formula is C16H16BrN3O. The zero-order valence-electron chi connectivity index (χ0n) is 11.5. The molecule has 0 radical (unpaired) electrons. The van der Waals surface area contributed by atoms with Crippen molar-refractivity contribution in [1.82, 2.24) is 0 Å². The van der Waals surface area contributed by atoms with E-state index in [4.69, 9.17) is 11.5 Å². The van der Waals surface area contributed by atoms with Crippen LogP contribution in [0.25, 0.3) is 0 Å². The van der Waals surface area contributed by atoms with E-state index in [2.05, 4.69) is 26.9 Å².